The number of anilines is 1. The molecule has 0 aliphatic carbocycles. The van der Waals surface area contributed by atoms with Crippen molar-refractivity contribution in [3.63, 3.8) is 0 Å². The van der Waals surface area contributed by atoms with Crippen LogP contribution in [0, 0.1) is 5.82 Å². The predicted octanol–water partition coefficient (Wildman–Crippen LogP) is 2.13. The zero-order chi connectivity index (χ0) is 7.56. The molecule has 3 heteroatoms. The lowest BCUT2D eigenvalue weighted by Gasteiger charge is -2.01. The zero-order valence-electron chi connectivity index (χ0n) is 6.60. The molecule has 62 valence electrons. The van der Waals surface area contributed by atoms with Crippen molar-refractivity contribution in [2.75, 3.05) is 5.73 Å². The lowest BCUT2D eigenvalue weighted by molar-refractivity contribution is 0.613. The molecule has 0 unspecified atom stereocenters. The molecule has 0 amide bonds. The van der Waals surface area contributed by atoms with Crippen LogP contribution in [0.5, 0.6) is 0 Å². The standard InChI is InChI=1S/C8H10FN.H3N/c1-2-6-7(9)4-3-5-8(6)10;/h3-5H,2,10H2,1H3;1H3. The van der Waals surface area contributed by atoms with Crippen LogP contribution < -0.4 is 11.9 Å². The molecule has 0 fully saturated rings. The van der Waals surface area contributed by atoms with Crippen molar-refractivity contribution >= 4 is 5.69 Å². The third-order valence-electron chi connectivity index (χ3n) is 1.51. The molecule has 11 heavy (non-hydrogen) atoms. The van der Waals surface area contributed by atoms with Crippen LogP contribution in [0.2, 0.25) is 0 Å². The molecule has 0 saturated carbocycles. The van der Waals surface area contributed by atoms with E-state index in [1.807, 2.05) is 6.92 Å². The molecular weight excluding hydrogens is 143 g/mol. The molecule has 0 aliphatic heterocycles. The van der Waals surface area contributed by atoms with Gasteiger partial charge in [-0.1, -0.05) is 13.0 Å². The van der Waals surface area contributed by atoms with Crippen LogP contribution in [-0.2, 0) is 6.42 Å². The van der Waals surface area contributed by atoms with Gasteiger partial charge in [-0.2, -0.15) is 0 Å². The van der Waals surface area contributed by atoms with Gasteiger partial charge in [0.1, 0.15) is 5.82 Å². The third-order valence-corrected chi connectivity index (χ3v) is 1.51. The Morgan fingerprint density at radius 3 is 2.45 bits per heavy atom. The Kier molecular flexibility index (Phi) is 3.54. The molecule has 0 aliphatic rings. The maximum absolute atomic E-state index is 12.8. The summed E-state index contributed by atoms with van der Waals surface area (Å²) in [7, 11) is 0. The van der Waals surface area contributed by atoms with Crippen molar-refractivity contribution in [3.05, 3.63) is 29.6 Å². The summed E-state index contributed by atoms with van der Waals surface area (Å²) in [5.74, 6) is -0.206. The Balaban J connectivity index is 0.000001000. The Morgan fingerprint density at radius 2 is 2.09 bits per heavy atom. The average Bonchev–Trinajstić information content (AvgIpc) is 1.88. The quantitative estimate of drug-likeness (QED) is 0.612. The fourth-order valence-corrected chi connectivity index (χ4v) is 0.948. The van der Waals surface area contributed by atoms with E-state index in [4.69, 9.17) is 5.73 Å². The van der Waals surface area contributed by atoms with Gasteiger partial charge in [0.05, 0.1) is 0 Å². The first kappa shape index (κ1) is 9.91. The fourth-order valence-electron chi connectivity index (χ4n) is 0.948. The van der Waals surface area contributed by atoms with E-state index in [0.29, 0.717) is 17.7 Å². The topological polar surface area (TPSA) is 61.0 Å². The minimum atomic E-state index is -0.206. The number of halogens is 1. The molecular formula is C8H13FN2. The van der Waals surface area contributed by atoms with Crippen LogP contribution in [0.1, 0.15) is 12.5 Å². The molecule has 0 bridgehead atoms. The molecule has 0 radical (unpaired) electrons. The summed E-state index contributed by atoms with van der Waals surface area (Å²) in [6.45, 7) is 1.88. The monoisotopic (exact) mass is 156 g/mol. The largest absolute Gasteiger partial charge is 0.398 e. The van der Waals surface area contributed by atoms with Gasteiger partial charge in [-0.25, -0.2) is 4.39 Å². The molecule has 5 N–H and O–H groups in total. The van der Waals surface area contributed by atoms with Crippen molar-refractivity contribution < 1.29 is 4.39 Å². The highest BCUT2D eigenvalue weighted by Gasteiger charge is 2.00. The number of hydrogen-bond acceptors (Lipinski definition) is 2. The molecule has 0 aromatic heterocycles. The van der Waals surface area contributed by atoms with Crippen molar-refractivity contribution in [1.29, 1.82) is 0 Å². The number of rotatable bonds is 1. The van der Waals surface area contributed by atoms with Crippen LogP contribution in [-0.4, -0.2) is 0 Å². The summed E-state index contributed by atoms with van der Waals surface area (Å²) >= 11 is 0. The highest BCUT2D eigenvalue weighted by molar-refractivity contribution is 5.46. The van der Waals surface area contributed by atoms with Gasteiger partial charge in [0.2, 0.25) is 0 Å². The predicted molar refractivity (Wildman–Crippen MR) is 45.2 cm³/mol. The Morgan fingerprint density at radius 1 is 1.45 bits per heavy atom. The third kappa shape index (κ3) is 1.91. The fraction of sp³-hybridized carbons (Fsp3) is 0.250. The van der Waals surface area contributed by atoms with E-state index in [1.54, 1.807) is 12.1 Å². The zero-order valence-corrected chi connectivity index (χ0v) is 6.60. The summed E-state index contributed by atoms with van der Waals surface area (Å²) in [5.41, 5.74) is 6.65. The Labute approximate surface area is 65.8 Å². The Hall–Kier alpha value is -1.09. The second-order valence-electron chi connectivity index (χ2n) is 2.16. The van der Waals surface area contributed by atoms with Crippen molar-refractivity contribution in [1.82, 2.24) is 6.15 Å². The van der Waals surface area contributed by atoms with Gasteiger partial charge in [-0.3, -0.25) is 0 Å². The average molecular weight is 156 g/mol. The SMILES string of the molecule is CCc1c(N)cccc1F.N. The van der Waals surface area contributed by atoms with Crippen LogP contribution in [0.15, 0.2) is 18.2 Å². The molecule has 1 rings (SSSR count). The smallest absolute Gasteiger partial charge is 0.128 e. The normalized spacial score (nSPS) is 8.91. The maximum Gasteiger partial charge on any atom is 0.128 e. The van der Waals surface area contributed by atoms with Gasteiger partial charge in [-0.15, -0.1) is 0 Å². The van der Waals surface area contributed by atoms with E-state index in [0.717, 1.165) is 0 Å². The van der Waals surface area contributed by atoms with Crippen molar-refractivity contribution in [2.45, 2.75) is 13.3 Å². The molecule has 0 heterocycles. The molecule has 0 atom stereocenters. The molecule has 0 saturated heterocycles. The minimum absolute atomic E-state index is 0. The van der Waals surface area contributed by atoms with Gasteiger partial charge in [0.25, 0.3) is 0 Å². The maximum atomic E-state index is 12.8. The molecule has 0 spiro atoms. The van der Waals surface area contributed by atoms with Crippen LogP contribution in [0.4, 0.5) is 10.1 Å². The van der Waals surface area contributed by atoms with E-state index in [1.165, 1.54) is 6.07 Å². The number of nitrogen functional groups attached to an aromatic ring is 1. The van der Waals surface area contributed by atoms with Crippen molar-refractivity contribution in [2.24, 2.45) is 0 Å². The van der Waals surface area contributed by atoms with Gasteiger partial charge in [0, 0.05) is 11.3 Å². The minimum Gasteiger partial charge on any atom is -0.398 e. The summed E-state index contributed by atoms with van der Waals surface area (Å²) in [6.07, 6.45) is 0.651. The number of benzene rings is 1. The van der Waals surface area contributed by atoms with E-state index >= 15 is 0 Å². The van der Waals surface area contributed by atoms with E-state index in [9.17, 15) is 4.39 Å². The van der Waals surface area contributed by atoms with E-state index in [2.05, 4.69) is 0 Å². The van der Waals surface area contributed by atoms with E-state index in [-0.39, 0.29) is 12.0 Å². The highest BCUT2D eigenvalue weighted by atomic mass is 19.1. The Bertz CT molecular complexity index is 215. The number of hydrogen-bond donors (Lipinski definition) is 2. The summed E-state index contributed by atoms with van der Waals surface area (Å²) in [4.78, 5) is 0. The lowest BCUT2D eigenvalue weighted by atomic mass is 10.1. The van der Waals surface area contributed by atoms with Crippen molar-refractivity contribution in [3.8, 4) is 0 Å². The van der Waals surface area contributed by atoms with E-state index < -0.39 is 0 Å². The van der Waals surface area contributed by atoms with Gasteiger partial charge in [0.15, 0.2) is 0 Å². The van der Waals surface area contributed by atoms with Crippen LogP contribution in [0.3, 0.4) is 0 Å². The molecule has 2 nitrogen and oxygen atoms in total. The second-order valence-corrected chi connectivity index (χ2v) is 2.16. The summed E-state index contributed by atoms with van der Waals surface area (Å²) in [6, 6.07) is 4.75. The first-order chi connectivity index (χ1) is 4.75. The van der Waals surface area contributed by atoms with Gasteiger partial charge >= 0.3 is 0 Å². The van der Waals surface area contributed by atoms with Gasteiger partial charge < -0.3 is 11.9 Å². The number of nitrogens with two attached hydrogens (primary N) is 1. The first-order valence-electron chi connectivity index (χ1n) is 3.28. The highest BCUT2D eigenvalue weighted by Crippen LogP contribution is 2.15. The second kappa shape index (κ2) is 3.93. The lowest BCUT2D eigenvalue weighted by Crippen LogP contribution is -1.95. The first-order valence-corrected chi connectivity index (χ1v) is 3.28. The summed E-state index contributed by atoms with van der Waals surface area (Å²) in [5, 5.41) is 0. The van der Waals surface area contributed by atoms with Crippen LogP contribution in [0.25, 0.3) is 0 Å². The molecule has 1 aromatic rings. The van der Waals surface area contributed by atoms with Crippen LogP contribution >= 0.6 is 0 Å². The molecule has 1 aromatic carbocycles. The summed E-state index contributed by atoms with van der Waals surface area (Å²) < 4.78 is 12.8. The van der Waals surface area contributed by atoms with Gasteiger partial charge in [-0.05, 0) is 18.6 Å².